The van der Waals surface area contributed by atoms with Crippen molar-refractivity contribution in [3.8, 4) is 0 Å². The summed E-state index contributed by atoms with van der Waals surface area (Å²) < 4.78 is 28.4. The Bertz CT molecular complexity index is 519. The Morgan fingerprint density at radius 3 is 2.33 bits per heavy atom. The van der Waals surface area contributed by atoms with Gasteiger partial charge in [0, 0.05) is 13.6 Å². The molecule has 0 aliphatic carbocycles. The van der Waals surface area contributed by atoms with E-state index < -0.39 is 10.0 Å². The van der Waals surface area contributed by atoms with Crippen LogP contribution in [0.2, 0.25) is 0 Å². The number of nitrogen functional groups attached to an aromatic ring is 1. The lowest BCUT2D eigenvalue weighted by atomic mass is 9.99. The fourth-order valence-electron chi connectivity index (χ4n) is 1.50. The van der Waals surface area contributed by atoms with Crippen molar-refractivity contribution >= 4 is 15.8 Å². The molecule has 6 nitrogen and oxygen atoms in total. The van der Waals surface area contributed by atoms with Gasteiger partial charge < -0.3 is 5.73 Å². The van der Waals surface area contributed by atoms with Gasteiger partial charge in [0.05, 0.1) is 5.69 Å². The molecule has 0 fully saturated rings. The van der Waals surface area contributed by atoms with Crippen LogP contribution in [0.15, 0.2) is 4.90 Å². The SMILES string of the molecule is Cc1c(S(=O)(=O)NCC(C)C(C)C)c(N)nn1C. The highest BCUT2D eigenvalue weighted by molar-refractivity contribution is 7.89. The van der Waals surface area contributed by atoms with Crippen LogP contribution < -0.4 is 10.5 Å². The van der Waals surface area contributed by atoms with Gasteiger partial charge in [0.25, 0.3) is 0 Å². The van der Waals surface area contributed by atoms with Crippen molar-refractivity contribution in [2.24, 2.45) is 18.9 Å². The van der Waals surface area contributed by atoms with Gasteiger partial charge in [0.15, 0.2) is 5.82 Å². The Kier molecular flexibility index (Phi) is 4.39. The van der Waals surface area contributed by atoms with Gasteiger partial charge in [-0.3, -0.25) is 4.68 Å². The number of nitrogens with zero attached hydrogens (tertiary/aromatic N) is 2. The molecule has 0 aromatic carbocycles. The number of hydrogen-bond donors (Lipinski definition) is 2. The van der Waals surface area contributed by atoms with E-state index in [1.54, 1.807) is 14.0 Å². The molecule has 0 aliphatic heterocycles. The van der Waals surface area contributed by atoms with Crippen LogP contribution in [0.5, 0.6) is 0 Å². The standard InChI is InChI=1S/C11H22N4O2S/c1-7(2)8(3)6-13-18(16,17)10-9(4)15(5)14-11(10)12/h7-8,13H,6H2,1-5H3,(H2,12,14). The molecular weight excluding hydrogens is 252 g/mol. The van der Waals surface area contributed by atoms with E-state index >= 15 is 0 Å². The van der Waals surface area contributed by atoms with Gasteiger partial charge in [-0.25, -0.2) is 13.1 Å². The molecule has 104 valence electrons. The predicted molar refractivity (Wildman–Crippen MR) is 71.5 cm³/mol. The first-order chi connectivity index (χ1) is 8.16. The summed E-state index contributed by atoms with van der Waals surface area (Å²) in [6.07, 6.45) is 0. The number of rotatable bonds is 5. The highest BCUT2D eigenvalue weighted by Crippen LogP contribution is 2.21. The molecule has 1 unspecified atom stereocenters. The first-order valence-corrected chi connectivity index (χ1v) is 7.44. The van der Waals surface area contributed by atoms with Crippen LogP contribution in [0.1, 0.15) is 26.5 Å². The fraction of sp³-hybridized carbons (Fsp3) is 0.727. The summed E-state index contributed by atoms with van der Waals surface area (Å²) in [6, 6.07) is 0. The molecule has 18 heavy (non-hydrogen) atoms. The average Bonchev–Trinajstić information content (AvgIpc) is 2.50. The second kappa shape index (κ2) is 5.27. The van der Waals surface area contributed by atoms with E-state index in [2.05, 4.69) is 23.7 Å². The van der Waals surface area contributed by atoms with Gasteiger partial charge in [0.1, 0.15) is 4.90 Å². The number of anilines is 1. The van der Waals surface area contributed by atoms with Crippen LogP contribution >= 0.6 is 0 Å². The minimum atomic E-state index is -3.59. The Labute approximate surface area is 109 Å². The second-order valence-corrected chi connectivity index (χ2v) is 6.70. The maximum absolute atomic E-state index is 12.2. The number of nitrogens with two attached hydrogens (primary N) is 1. The topological polar surface area (TPSA) is 90.0 Å². The van der Waals surface area contributed by atoms with E-state index in [1.807, 2.05) is 6.92 Å². The third kappa shape index (κ3) is 3.02. The molecule has 3 N–H and O–H groups in total. The molecular formula is C11H22N4O2S. The third-order valence-electron chi connectivity index (χ3n) is 3.31. The lowest BCUT2D eigenvalue weighted by Gasteiger charge is -2.16. The Hall–Kier alpha value is -1.08. The van der Waals surface area contributed by atoms with Gasteiger partial charge in [-0.05, 0) is 18.8 Å². The molecule has 1 aromatic rings. The van der Waals surface area contributed by atoms with Crippen molar-refractivity contribution in [3.63, 3.8) is 0 Å². The molecule has 1 atom stereocenters. The maximum atomic E-state index is 12.2. The van der Waals surface area contributed by atoms with E-state index in [-0.39, 0.29) is 16.6 Å². The zero-order chi connectivity index (χ0) is 14.1. The van der Waals surface area contributed by atoms with E-state index in [4.69, 9.17) is 5.73 Å². The molecule has 0 saturated heterocycles. The zero-order valence-corrected chi connectivity index (χ0v) is 12.4. The van der Waals surface area contributed by atoms with Crippen molar-refractivity contribution in [2.75, 3.05) is 12.3 Å². The summed E-state index contributed by atoms with van der Waals surface area (Å²) in [7, 11) is -1.92. The van der Waals surface area contributed by atoms with Gasteiger partial charge in [0.2, 0.25) is 10.0 Å². The van der Waals surface area contributed by atoms with Crippen molar-refractivity contribution in [3.05, 3.63) is 5.69 Å². The molecule has 1 rings (SSSR count). The lowest BCUT2D eigenvalue weighted by molar-refractivity contribution is 0.414. The first-order valence-electron chi connectivity index (χ1n) is 5.95. The monoisotopic (exact) mass is 274 g/mol. The van der Waals surface area contributed by atoms with Crippen LogP contribution in [0, 0.1) is 18.8 Å². The highest BCUT2D eigenvalue weighted by atomic mass is 32.2. The summed E-state index contributed by atoms with van der Waals surface area (Å²) >= 11 is 0. The largest absolute Gasteiger partial charge is 0.381 e. The first kappa shape index (κ1) is 15.0. The number of sulfonamides is 1. The molecule has 7 heteroatoms. The average molecular weight is 274 g/mol. The fourth-order valence-corrected chi connectivity index (χ4v) is 2.96. The Morgan fingerprint density at radius 1 is 1.39 bits per heavy atom. The normalized spacial score (nSPS) is 14.1. The summed E-state index contributed by atoms with van der Waals surface area (Å²) in [6.45, 7) is 8.20. The van der Waals surface area contributed by atoms with E-state index in [9.17, 15) is 8.42 Å². The van der Waals surface area contributed by atoms with Crippen molar-refractivity contribution in [2.45, 2.75) is 32.6 Å². The van der Waals surface area contributed by atoms with E-state index in [0.717, 1.165) is 0 Å². The molecule has 1 heterocycles. The van der Waals surface area contributed by atoms with E-state index in [1.165, 1.54) is 4.68 Å². The van der Waals surface area contributed by atoms with Crippen molar-refractivity contribution in [1.82, 2.24) is 14.5 Å². The van der Waals surface area contributed by atoms with Crippen molar-refractivity contribution < 1.29 is 8.42 Å². The quantitative estimate of drug-likeness (QED) is 0.834. The van der Waals surface area contributed by atoms with Crippen LogP contribution in [-0.4, -0.2) is 24.7 Å². The van der Waals surface area contributed by atoms with Crippen LogP contribution in [0.25, 0.3) is 0 Å². The number of aromatic nitrogens is 2. The molecule has 0 amide bonds. The molecule has 0 spiro atoms. The maximum Gasteiger partial charge on any atom is 0.246 e. The van der Waals surface area contributed by atoms with Crippen LogP contribution in [-0.2, 0) is 17.1 Å². The summed E-state index contributed by atoms with van der Waals surface area (Å²) in [5.74, 6) is 0.720. The van der Waals surface area contributed by atoms with Crippen LogP contribution in [0.3, 0.4) is 0 Å². The van der Waals surface area contributed by atoms with Gasteiger partial charge in [-0.15, -0.1) is 0 Å². The molecule has 0 aliphatic rings. The second-order valence-electron chi connectivity index (χ2n) is 5.00. The smallest absolute Gasteiger partial charge is 0.246 e. The molecule has 0 bridgehead atoms. The number of nitrogens with one attached hydrogen (secondary N) is 1. The molecule has 0 radical (unpaired) electrons. The number of aryl methyl sites for hydroxylation is 1. The predicted octanol–water partition coefficient (Wildman–Crippen LogP) is 0.881. The van der Waals surface area contributed by atoms with Gasteiger partial charge in [-0.1, -0.05) is 20.8 Å². The Morgan fingerprint density at radius 2 is 1.94 bits per heavy atom. The van der Waals surface area contributed by atoms with Gasteiger partial charge >= 0.3 is 0 Å². The molecule has 0 saturated carbocycles. The lowest BCUT2D eigenvalue weighted by Crippen LogP contribution is -2.31. The minimum absolute atomic E-state index is 0.0414. The summed E-state index contributed by atoms with van der Waals surface area (Å²) in [5, 5.41) is 3.91. The molecule has 1 aromatic heterocycles. The Balaban J connectivity index is 2.94. The van der Waals surface area contributed by atoms with E-state index in [0.29, 0.717) is 18.2 Å². The third-order valence-corrected chi connectivity index (χ3v) is 4.90. The minimum Gasteiger partial charge on any atom is -0.381 e. The zero-order valence-electron chi connectivity index (χ0n) is 11.6. The highest BCUT2D eigenvalue weighted by Gasteiger charge is 2.25. The van der Waals surface area contributed by atoms with Crippen molar-refractivity contribution in [1.29, 1.82) is 0 Å². The number of hydrogen-bond acceptors (Lipinski definition) is 4. The van der Waals surface area contributed by atoms with Crippen LogP contribution in [0.4, 0.5) is 5.82 Å². The summed E-state index contributed by atoms with van der Waals surface area (Å²) in [5.41, 5.74) is 6.18. The van der Waals surface area contributed by atoms with Gasteiger partial charge in [-0.2, -0.15) is 5.10 Å². The summed E-state index contributed by atoms with van der Waals surface area (Å²) in [4.78, 5) is 0.0842.